The fourth-order valence-electron chi connectivity index (χ4n) is 8.28. The average molecular weight is 969 g/mol. The van der Waals surface area contributed by atoms with Gasteiger partial charge in [0, 0.05) is 21.0 Å². The third kappa shape index (κ3) is 28.0. The molecule has 71 heavy (non-hydrogen) atoms. The molecule has 2 amide bonds. The van der Waals surface area contributed by atoms with Crippen molar-refractivity contribution < 1.29 is 19.2 Å². The lowest BCUT2D eigenvalue weighted by molar-refractivity contribution is -0.124. The molecule has 0 N–H and O–H groups in total. The molecule has 0 saturated heterocycles. The van der Waals surface area contributed by atoms with Gasteiger partial charge >= 0.3 is 0 Å². The van der Waals surface area contributed by atoms with Crippen LogP contribution in [-0.2, 0) is 19.2 Å². The van der Waals surface area contributed by atoms with E-state index in [1.165, 1.54) is 90.0 Å². The largest absolute Gasteiger partial charge is 0.289 e. The number of rotatable bonds is 33. The van der Waals surface area contributed by atoms with Gasteiger partial charge in [-0.05, 0) is 232 Å². The van der Waals surface area contributed by atoms with Crippen molar-refractivity contribution in [3.8, 4) is 0 Å². The maximum atomic E-state index is 13.3. The Balaban J connectivity index is 2.42. The Bertz CT molecular complexity index is 2330. The molecule has 0 saturated carbocycles. The number of allylic oxidation sites excluding steroid dienone is 22. The topological polar surface area (TPSA) is 166 Å². The van der Waals surface area contributed by atoms with Gasteiger partial charge in [-0.1, -0.05) is 123 Å². The summed E-state index contributed by atoms with van der Waals surface area (Å²) in [5.74, 6) is -4.57. The number of hydrogen-bond donors (Lipinski definition) is 0. The van der Waals surface area contributed by atoms with Crippen LogP contribution < -0.4 is 0 Å². The predicted molar refractivity (Wildman–Crippen MR) is 298 cm³/mol. The van der Waals surface area contributed by atoms with Gasteiger partial charge < -0.3 is 0 Å². The zero-order valence-corrected chi connectivity index (χ0v) is 45.9. The van der Waals surface area contributed by atoms with Crippen LogP contribution >= 0.6 is 0 Å². The normalized spacial score (nSPS) is 15.1. The van der Waals surface area contributed by atoms with E-state index >= 15 is 0 Å². The van der Waals surface area contributed by atoms with Crippen LogP contribution in [0.1, 0.15) is 218 Å². The van der Waals surface area contributed by atoms with Crippen molar-refractivity contribution in [2.45, 2.75) is 218 Å². The first-order valence-corrected chi connectivity index (χ1v) is 26.1. The molecule has 0 fully saturated rings. The molecule has 0 unspecified atom stereocenters. The minimum absolute atomic E-state index is 0.0196. The molecule has 0 aromatic heterocycles. The zero-order chi connectivity index (χ0) is 53.1. The quantitative estimate of drug-likeness (QED) is 0.0122. The first-order valence-electron chi connectivity index (χ1n) is 26.1. The van der Waals surface area contributed by atoms with Crippen LogP contribution in [0.25, 0.3) is 20.9 Å². The van der Waals surface area contributed by atoms with Crippen LogP contribution in [0.3, 0.4) is 0 Å². The molecule has 0 heterocycles. The number of unbranched alkanes of at least 4 members (excludes halogenated alkanes) is 1. The highest BCUT2D eigenvalue weighted by Crippen LogP contribution is 2.30. The van der Waals surface area contributed by atoms with E-state index in [1.54, 1.807) is 5.57 Å². The molecule has 1 aliphatic rings. The highest BCUT2D eigenvalue weighted by molar-refractivity contribution is 6.42. The van der Waals surface area contributed by atoms with E-state index in [-0.39, 0.29) is 17.6 Å². The smallest absolute Gasteiger partial charge is 0.253 e. The van der Waals surface area contributed by atoms with Crippen LogP contribution in [0.15, 0.2) is 149 Å². The fourth-order valence-corrected chi connectivity index (χ4v) is 8.28. The van der Waals surface area contributed by atoms with Crippen LogP contribution in [0.4, 0.5) is 0 Å². The molecule has 0 aliphatic heterocycles. The standard InChI is InChI=1S/C61H88N6O4/c1-13-54(41-23-39-51(10)36-18-28-46(5)26-16-24-44(2)3)40-15-14-25-45(4)27-17-29-47(6)30-19-31-48(7)32-20-33-49(8)34-21-35-50(9)37-22-38-52(11)42-43-55-53(12)58(68)56(60(70)64-66-62)57(59(55)69)61(71)65-67-63/h24,27-28,30,32,34,37,39-40,42H,13-23,25-26,29,31,33,35-36,38,41,43H2,1-12H3/b45-27+,46-28+,47-30+,48-32+,49-34+,50-37+,51-39+,52-42+,54-40+. The minimum Gasteiger partial charge on any atom is -0.289 e. The van der Waals surface area contributed by atoms with Crippen molar-refractivity contribution in [3.63, 3.8) is 0 Å². The molecular weight excluding hydrogens is 881 g/mol. The van der Waals surface area contributed by atoms with Crippen molar-refractivity contribution in [2.24, 2.45) is 10.2 Å². The van der Waals surface area contributed by atoms with E-state index in [0.717, 1.165) is 95.5 Å². The van der Waals surface area contributed by atoms with Gasteiger partial charge in [0.1, 0.15) is 0 Å². The van der Waals surface area contributed by atoms with Gasteiger partial charge in [-0.15, -0.1) is 0 Å². The van der Waals surface area contributed by atoms with E-state index in [9.17, 15) is 19.2 Å². The summed E-state index contributed by atoms with van der Waals surface area (Å²) in [7, 11) is 0. The Morgan fingerprint density at radius 3 is 1.11 bits per heavy atom. The van der Waals surface area contributed by atoms with Gasteiger partial charge in [-0.3, -0.25) is 19.2 Å². The van der Waals surface area contributed by atoms with E-state index in [1.807, 2.05) is 13.0 Å². The zero-order valence-electron chi connectivity index (χ0n) is 45.9. The maximum Gasteiger partial charge on any atom is 0.253 e. The molecule has 1 rings (SSSR count). The lowest BCUT2D eigenvalue weighted by Crippen LogP contribution is -2.29. The SMILES string of the molecule is CC/C(=C\CCC/C(C)=C/CC/C(C)=C/CC/C(C)=C/CC/C(C)=C/CC/C(C)=C/CC/C(C)=C/CC1=C(C)C(=O)C(C(=O)N=[N+]=[N-])=C(C(=O)N=[N+]=[N-])C1=O)CC/C=C(\C)CC/C=C(\C)CCC=C(C)C. The van der Waals surface area contributed by atoms with Crippen molar-refractivity contribution in [2.75, 3.05) is 0 Å². The number of amides is 2. The van der Waals surface area contributed by atoms with Gasteiger partial charge in [0.25, 0.3) is 11.8 Å². The second kappa shape index (κ2) is 37.0. The monoisotopic (exact) mass is 969 g/mol. The number of azide groups is 2. The van der Waals surface area contributed by atoms with Crippen LogP contribution in [0, 0.1) is 0 Å². The van der Waals surface area contributed by atoms with Gasteiger partial charge in [0.15, 0.2) is 11.6 Å². The molecule has 0 radical (unpaired) electrons. The molecule has 10 nitrogen and oxygen atoms in total. The van der Waals surface area contributed by atoms with Gasteiger partial charge in [-0.2, -0.15) is 0 Å². The molecule has 0 bridgehead atoms. The van der Waals surface area contributed by atoms with Crippen molar-refractivity contribution in [1.82, 2.24) is 0 Å². The summed E-state index contributed by atoms with van der Waals surface area (Å²) < 4.78 is 0. The van der Waals surface area contributed by atoms with E-state index in [4.69, 9.17) is 11.1 Å². The predicted octanol–water partition coefficient (Wildman–Crippen LogP) is 19.1. The van der Waals surface area contributed by atoms with Crippen molar-refractivity contribution >= 4 is 23.4 Å². The summed E-state index contributed by atoms with van der Waals surface area (Å²) >= 11 is 0. The Morgan fingerprint density at radius 1 is 0.437 bits per heavy atom. The van der Waals surface area contributed by atoms with E-state index in [0.29, 0.717) is 0 Å². The Morgan fingerprint density at radius 2 is 0.761 bits per heavy atom. The maximum absolute atomic E-state index is 13.3. The summed E-state index contributed by atoms with van der Waals surface area (Å²) in [6.07, 6.45) is 45.1. The number of hydrogen-bond acceptors (Lipinski definition) is 4. The average Bonchev–Trinajstić information content (AvgIpc) is 3.30. The number of carbonyl (C=O) groups excluding carboxylic acids is 4. The Hall–Kier alpha value is -5.82. The first kappa shape index (κ1) is 63.2. The van der Waals surface area contributed by atoms with Gasteiger partial charge in [-0.25, -0.2) is 0 Å². The summed E-state index contributed by atoms with van der Waals surface area (Å²) in [5.41, 5.74) is 29.8. The number of ketones is 2. The Kier molecular flexibility index (Phi) is 33.0. The van der Waals surface area contributed by atoms with Gasteiger partial charge in [0.05, 0.1) is 11.1 Å². The number of Topliss-reactive ketones (excluding diaryl/α,β-unsaturated/α-hetero) is 2. The third-order valence-corrected chi connectivity index (χ3v) is 13.0. The van der Waals surface area contributed by atoms with E-state index in [2.05, 4.69) is 144 Å². The number of nitrogens with zero attached hydrogens (tertiary/aromatic N) is 6. The third-order valence-electron chi connectivity index (χ3n) is 13.0. The molecule has 0 atom stereocenters. The molecule has 0 aromatic rings. The van der Waals surface area contributed by atoms with Crippen LogP contribution in [0.2, 0.25) is 0 Å². The highest BCUT2D eigenvalue weighted by Gasteiger charge is 2.38. The summed E-state index contributed by atoms with van der Waals surface area (Å²) in [6.45, 7) is 25.7. The minimum atomic E-state index is -1.38. The summed E-state index contributed by atoms with van der Waals surface area (Å²) in [6, 6.07) is 0. The van der Waals surface area contributed by atoms with Crippen molar-refractivity contribution in [1.29, 1.82) is 0 Å². The highest BCUT2D eigenvalue weighted by atomic mass is 16.2. The second-order valence-electron chi connectivity index (χ2n) is 19.8. The van der Waals surface area contributed by atoms with Crippen molar-refractivity contribution in [3.05, 3.63) is 160 Å². The summed E-state index contributed by atoms with van der Waals surface area (Å²) in [5, 5.41) is 5.77. The van der Waals surface area contributed by atoms with E-state index < -0.39 is 34.5 Å². The molecule has 10 heteroatoms. The second-order valence-corrected chi connectivity index (χ2v) is 19.8. The molecule has 0 spiro atoms. The number of carbonyl (C=O) groups is 4. The molecule has 386 valence electrons. The lowest BCUT2D eigenvalue weighted by atomic mass is 9.82. The fraction of sp³-hybridized carbons (Fsp3) is 0.541. The van der Waals surface area contributed by atoms with Crippen LogP contribution in [-0.4, -0.2) is 23.4 Å². The van der Waals surface area contributed by atoms with Gasteiger partial charge in [0.2, 0.25) is 0 Å². The lowest BCUT2D eigenvalue weighted by Gasteiger charge is -2.18. The Labute approximate surface area is 428 Å². The molecular formula is C61H88N6O4. The first-order chi connectivity index (χ1) is 33.8. The summed E-state index contributed by atoms with van der Waals surface area (Å²) in [4.78, 5) is 55.7. The molecule has 1 aliphatic carbocycles. The molecule has 0 aromatic carbocycles. The van der Waals surface area contributed by atoms with Crippen LogP contribution in [0.5, 0.6) is 0 Å².